The number of carbonyl (C=O) groups is 1. The first-order valence-corrected chi connectivity index (χ1v) is 6.63. The maximum Gasteiger partial charge on any atom is 0.355 e. The molecule has 1 N–H and O–H groups in total. The zero-order valence-corrected chi connectivity index (χ0v) is 11.9. The van der Waals surface area contributed by atoms with E-state index in [4.69, 9.17) is 16.3 Å². The van der Waals surface area contributed by atoms with Crippen LogP contribution >= 0.6 is 11.6 Å². The maximum atomic E-state index is 13.1. The van der Waals surface area contributed by atoms with Gasteiger partial charge in [-0.1, -0.05) is 29.8 Å². The summed E-state index contributed by atoms with van der Waals surface area (Å²) < 4.78 is 17.9. The van der Waals surface area contributed by atoms with Crippen LogP contribution in [0.3, 0.4) is 0 Å². The van der Waals surface area contributed by atoms with Crippen molar-refractivity contribution < 1.29 is 13.9 Å². The van der Waals surface area contributed by atoms with Crippen molar-refractivity contribution in [1.29, 1.82) is 0 Å². The molecule has 3 nitrogen and oxygen atoms in total. The Morgan fingerprint density at radius 3 is 2.57 bits per heavy atom. The van der Waals surface area contributed by atoms with Gasteiger partial charge in [-0.3, -0.25) is 0 Å². The Morgan fingerprint density at radius 2 is 1.90 bits per heavy atom. The van der Waals surface area contributed by atoms with Gasteiger partial charge in [0.2, 0.25) is 0 Å². The molecule has 0 aliphatic rings. The van der Waals surface area contributed by atoms with Crippen molar-refractivity contribution in [2.24, 2.45) is 0 Å². The second-order valence-electron chi connectivity index (χ2n) is 4.56. The molecule has 0 fully saturated rings. The number of aromatic amines is 1. The Hall–Kier alpha value is -2.33. The van der Waals surface area contributed by atoms with Gasteiger partial charge in [0.1, 0.15) is 11.5 Å². The van der Waals surface area contributed by atoms with Crippen molar-refractivity contribution in [2.75, 3.05) is 7.11 Å². The van der Waals surface area contributed by atoms with Crippen molar-refractivity contribution in [2.45, 2.75) is 0 Å². The summed E-state index contributed by atoms with van der Waals surface area (Å²) in [6, 6.07) is 11.2. The van der Waals surface area contributed by atoms with E-state index in [1.54, 1.807) is 24.3 Å². The third-order valence-electron chi connectivity index (χ3n) is 3.28. The largest absolute Gasteiger partial charge is 0.464 e. The van der Waals surface area contributed by atoms with Crippen molar-refractivity contribution in [3.05, 3.63) is 59.0 Å². The van der Waals surface area contributed by atoms with Crippen molar-refractivity contribution in [3.8, 4) is 11.1 Å². The number of nitrogens with one attached hydrogen (secondary N) is 1. The van der Waals surface area contributed by atoms with Crippen molar-refractivity contribution in [3.63, 3.8) is 0 Å². The lowest BCUT2D eigenvalue weighted by atomic mass is 10.0. The van der Waals surface area contributed by atoms with Gasteiger partial charge < -0.3 is 9.72 Å². The number of hydrogen-bond acceptors (Lipinski definition) is 2. The fraction of sp³-hybridized carbons (Fsp3) is 0.0625. The number of esters is 1. The minimum atomic E-state index is -0.485. The Bertz CT molecular complexity index is 824. The number of hydrogen-bond donors (Lipinski definition) is 1. The van der Waals surface area contributed by atoms with Crippen LogP contribution in [0.4, 0.5) is 4.39 Å². The first kappa shape index (κ1) is 13.6. The quantitative estimate of drug-likeness (QED) is 0.712. The van der Waals surface area contributed by atoms with Crippen LogP contribution in [0.1, 0.15) is 10.5 Å². The van der Waals surface area contributed by atoms with E-state index in [2.05, 4.69) is 4.98 Å². The van der Waals surface area contributed by atoms with Gasteiger partial charge in [-0.15, -0.1) is 0 Å². The average molecular weight is 304 g/mol. The Kier molecular flexibility index (Phi) is 3.39. The molecule has 1 heterocycles. The van der Waals surface area contributed by atoms with Crippen molar-refractivity contribution in [1.82, 2.24) is 4.98 Å². The highest BCUT2D eigenvalue weighted by atomic mass is 35.5. The number of carbonyl (C=O) groups excluding carboxylic acids is 1. The van der Waals surface area contributed by atoms with E-state index < -0.39 is 5.97 Å². The summed E-state index contributed by atoms with van der Waals surface area (Å²) >= 11 is 5.97. The van der Waals surface area contributed by atoms with E-state index in [9.17, 15) is 9.18 Å². The van der Waals surface area contributed by atoms with Crippen LogP contribution in [-0.4, -0.2) is 18.1 Å². The molecule has 2 aromatic carbocycles. The lowest BCUT2D eigenvalue weighted by Gasteiger charge is -2.04. The summed E-state index contributed by atoms with van der Waals surface area (Å²) in [5, 5.41) is 1.39. The van der Waals surface area contributed by atoms with Gasteiger partial charge >= 0.3 is 5.97 Å². The van der Waals surface area contributed by atoms with Crippen LogP contribution in [0.15, 0.2) is 42.5 Å². The fourth-order valence-corrected chi connectivity index (χ4v) is 2.51. The summed E-state index contributed by atoms with van der Waals surface area (Å²) in [7, 11) is 1.31. The highest BCUT2D eigenvalue weighted by Crippen LogP contribution is 2.34. The summed E-state index contributed by atoms with van der Waals surface area (Å²) in [5.74, 6) is -0.817. The molecule has 0 aliphatic heterocycles. The number of fused-ring (bicyclic) bond motifs is 1. The van der Waals surface area contributed by atoms with E-state index in [0.717, 1.165) is 16.5 Å². The van der Waals surface area contributed by atoms with Crippen LogP contribution in [-0.2, 0) is 4.74 Å². The molecule has 0 aliphatic carbocycles. The molecule has 0 spiro atoms. The van der Waals surface area contributed by atoms with Crippen molar-refractivity contribution >= 4 is 28.5 Å². The van der Waals surface area contributed by atoms with Crippen LogP contribution in [0.25, 0.3) is 22.0 Å². The average Bonchev–Trinajstić information content (AvgIpc) is 2.85. The minimum absolute atomic E-state index is 0.321. The summed E-state index contributed by atoms with van der Waals surface area (Å²) in [5.41, 5.74) is 2.45. The normalized spacial score (nSPS) is 10.8. The highest BCUT2D eigenvalue weighted by molar-refractivity contribution is 6.31. The Labute approximate surface area is 125 Å². The first-order chi connectivity index (χ1) is 10.1. The smallest absolute Gasteiger partial charge is 0.355 e. The van der Waals surface area contributed by atoms with Crippen LogP contribution in [0.2, 0.25) is 5.02 Å². The molecule has 1 aromatic heterocycles. The van der Waals surface area contributed by atoms with Gasteiger partial charge in [0.15, 0.2) is 0 Å². The predicted octanol–water partition coefficient (Wildman–Crippen LogP) is 4.41. The van der Waals surface area contributed by atoms with Gasteiger partial charge in [-0.05, 0) is 29.8 Å². The zero-order chi connectivity index (χ0) is 15.0. The molecule has 0 saturated heterocycles. The molecule has 0 bridgehead atoms. The van der Waals surface area contributed by atoms with Crippen LogP contribution in [0, 0.1) is 5.82 Å². The molecule has 0 amide bonds. The molecular formula is C16H11ClFNO2. The summed E-state index contributed by atoms with van der Waals surface area (Å²) in [4.78, 5) is 15.0. The third kappa shape index (κ3) is 2.38. The number of aromatic nitrogens is 1. The second kappa shape index (κ2) is 5.22. The first-order valence-electron chi connectivity index (χ1n) is 6.25. The van der Waals surface area contributed by atoms with E-state index in [0.29, 0.717) is 16.3 Å². The van der Waals surface area contributed by atoms with Gasteiger partial charge in [0.05, 0.1) is 7.11 Å². The van der Waals surface area contributed by atoms with Gasteiger partial charge in [-0.25, -0.2) is 9.18 Å². The molecule has 0 atom stereocenters. The number of H-pyrrole nitrogens is 1. The predicted molar refractivity (Wildman–Crippen MR) is 80.0 cm³/mol. The molecule has 0 unspecified atom stereocenters. The zero-order valence-electron chi connectivity index (χ0n) is 11.1. The molecule has 21 heavy (non-hydrogen) atoms. The van der Waals surface area contributed by atoms with Gasteiger partial charge in [0, 0.05) is 21.5 Å². The SMILES string of the molecule is COC(=O)c1[nH]c2cc(Cl)ccc2c1-c1ccc(F)cc1. The van der Waals surface area contributed by atoms with E-state index in [1.807, 2.05) is 6.07 Å². The fourth-order valence-electron chi connectivity index (χ4n) is 2.34. The monoisotopic (exact) mass is 303 g/mol. The molecule has 106 valence electrons. The topological polar surface area (TPSA) is 42.1 Å². The summed E-state index contributed by atoms with van der Waals surface area (Å²) in [6.45, 7) is 0. The van der Waals surface area contributed by atoms with Gasteiger partial charge in [-0.2, -0.15) is 0 Å². The number of benzene rings is 2. The number of ether oxygens (including phenoxy) is 1. The number of halogens is 2. The number of methoxy groups -OCH3 is 1. The summed E-state index contributed by atoms with van der Waals surface area (Å²) in [6.07, 6.45) is 0. The molecule has 3 rings (SSSR count). The molecule has 0 radical (unpaired) electrons. The second-order valence-corrected chi connectivity index (χ2v) is 5.00. The van der Waals surface area contributed by atoms with E-state index >= 15 is 0 Å². The minimum Gasteiger partial charge on any atom is -0.464 e. The maximum absolute atomic E-state index is 13.1. The van der Waals surface area contributed by atoms with Gasteiger partial charge in [0.25, 0.3) is 0 Å². The Balaban J connectivity index is 2.32. The molecule has 3 aromatic rings. The Morgan fingerprint density at radius 1 is 1.19 bits per heavy atom. The van der Waals surface area contributed by atoms with Crippen LogP contribution < -0.4 is 0 Å². The lowest BCUT2D eigenvalue weighted by Crippen LogP contribution is -2.03. The third-order valence-corrected chi connectivity index (χ3v) is 3.52. The van der Waals surface area contributed by atoms with E-state index in [-0.39, 0.29) is 5.82 Å². The highest BCUT2D eigenvalue weighted by Gasteiger charge is 2.19. The van der Waals surface area contributed by atoms with E-state index in [1.165, 1.54) is 19.2 Å². The standard InChI is InChI=1S/C16H11ClFNO2/c1-21-16(20)15-14(9-2-5-11(18)6-3-9)12-7-4-10(17)8-13(12)19-15/h2-8,19H,1H3. The van der Waals surface area contributed by atoms with Crippen LogP contribution in [0.5, 0.6) is 0 Å². The molecule has 0 saturated carbocycles. The lowest BCUT2D eigenvalue weighted by molar-refractivity contribution is 0.0596. The molecular weight excluding hydrogens is 293 g/mol. The number of rotatable bonds is 2. The molecule has 5 heteroatoms.